The third-order valence-electron chi connectivity index (χ3n) is 3.32. The van der Waals surface area contributed by atoms with Crippen LogP contribution in [0.3, 0.4) is 0 Å². The minimum absolute atomic E-state index is 0.138. The fraction of sp³-hybridized carbons (Fsp3) is 0.538. The molecule has 0 spiro atoms. The predicted molar refractivity (Wildman–Crippen MR) is 61.5 cm³/mol. The van der Waals surface area contributed by atoms with E-state index in [0.717, 1.165) is 24.9 Å². The number of hydrogen-bond donors (Lipinski definition) is 1. The minimum atomic E-state index is -0.188. The van der Waals surface area contributed by atoms with E-state index in [2.05, 4.69) is 11.8 Å². The molecule has 16 heavy (non-hydrogen) atoms. The van der Waals surface area contributed by atoms with E-state index in [9.17, 15) is 9.50 Å². The molecule has 1 aromatic carbocycles. The first-order valence-electron chi connectivity index (χ1n) is 5.82. The van der Waals surface area contributed by atoms with Crippen molar-refractivity contribution in [2.45, 2.75) is 38.5 Å². The second kappa shape index (κ2) is 4.93. The molecule has 0 aliphatic carbocycles. The number of aliphatic hydroxyl groups excluding tert-OH is 1. The van der Waals surface area contributed by atoms with Gasteiger partial charge in [-0.15, -0.1) is 0 Å². The smallest absolute Gasteiger partial charge is 0.127 e. The van der Waals surface area contributed by atoms with Gasteiger partial charge in [0.2, 0.25) is 0 Å². The molecule has 88 valence electrons. The molecule has 1 saturated heterocycles. The minimum Gasteiger partial charge on any atom is -0.393 e. The summed E-state index contributed by atoms with van der Waals surface area (Å²) in [6, 6.07) is 7.22. The first-order valence-corrected chi connectivity index (χ1v) is 5.82. The van der Waals surface area contributed by atoms with Crippen molar-refractivity contribution in [1.29, 1.82) is 0 Å². The fourth-order valence-electron chi connectivity index (χ4n) is 2.28. The average molecular weight is 223 g/mol. The molecule has 0 saturated carbocycles. The Morgan fingerprint density at radius 3 is 2.88 bits per heavy atom. The van der Waals surface area contributed by atoms with E-state index in [-0.39, 0.29) is 11.9 Å². The van der Waals surface area contributed by atoms with Gasteiger partial charge < -0.3 is 5.11 Å². The molecule has 0 bridgehead atoms. The van der Waals surface area contributed by atoms with Gasteiger partial charge in [-0.05, 0) is 25.8 Å². The van der Waals surface area contributed by atoms with E-state index in [1.54, 1.807) is 6.07 Å². The van der Waals surface area contributed by atoms with E-state index < -0.39 is 0 Å². The van der Waals surface area contributed by atoms with Crippen LogP contribution in [0.25, 0.3) is 0 Å². The van der Waals surface area contributed by atoms with Crippen LogP contribution in [0.4, 0.5) is 4.39 Å². The average Bonchev–Trinajstić information content (AvgIpc) is 2.25. The van der Waals surface area contributed by atoms with Crippen LogP contribution in [0.15, 0.2) is 24.3 Å². The maximum atomic E-state index is 13.5. The zero-order valence-corrected chi connectivity index (χ0v) is 9.56. The van der Waals surface area contributed by atoms with E-state index in [1.165, 1.54) is 6.07 Å². The molecule has 1 aliphatic heterocycles. The van der Waals surface area contributed by atoms with Crippen molar-refractivity contribution >= 4 is 0 Å². The van der Waals surface area contributed by atoms with Crippen LogP contribution in [-0.2, 0) is 6.54 Å². The SMILES string of the molecule is CC1CC(O)CCN1Cc1ccccc1F. The normalized spacial score (nSPS) is 26.9. The van der Waals surface area contributed by atoms with Gasteiger partial charge in [-0.2, -0.15) is 0 Å². The second-order valence-electron chi connectivity index (χ2n) is 4.59. The second-order valence-corrected chi connectivity index (χ2v) is 4.59. The summed E-state index contributed by atoms with van der Waals surface area (Å²) < 4.78 is 13.5. The van der Waals surface area contributed by atoms with E-state index in [4.69, 9.17) is 0 Å². The lowest BCUT2D eigenvalue weighted by Gasteiger charge is -2.35. The largest absolute Gasteiger partial charge is 0.393 e. The molecule has 3 heteroatoms. The molecule has 1 heterocycles. The maximum absolute atomic E-state index is 13.5. The molecule has 2 atom stereocenters. The summed E-state index contributed by atoms with van der Waals surface area (Å²) in [5.74, 6) is -0.138. The van der Waals surface area contributed by atoms with Crippen molar-refractivity contribution in [3.63, 3.8) is 0 Å². The van der Waals surface area contributed by atoms with Crippen LogP contribution in [-0.4, -0.2) is 28.7 Å². The number of piperidine rings is 1. The van der Waals surface area contributed by atoms with Crippen molar-refractivity contribution in [1.82, 2.24) is 4.90 Å². The Bertz CT molecular complexity index is 356. The molecule has 0 radical (unpaired) electrons. The van der Waals surface area contributed by atoms with Gasteiger partial charge in [-0.3, -0.25) is 4.90 Å². The first kappa shape index (κ1) is 11.6. The van der Waals surface area contributed by atoms with Crippen molar-refractivity contribution in [2.75, 3.05) is 6.54 Å². The number of aliphatic hydroxyl groups is 1. The summed E-state index contributed by atoms with van der Waals surface area (Å²) in [4.78, 5) is 2.23. The number of hydrogen-bond acceptors (Lipinski definition) is 2. The Morgan fingerprint density at radius 2 is 2.19 bits per heavy atom. The third kappa shape index (κ3) is 2.60. The van der Waals surface area contributed by atoms with Gasteiger partial charge in [-0.1, -0.05) is 18.2 Å². The van der Waals surface area contributed by atoms with Gasteiger partial charge in [0.25, 0.3) is 0 Å². The number of nitrogens with zero attached hydrogens (tertiary/aromatic N) is 1. The molecule has 1 N–H and O–H groups in total. The Labute approximate surface area is 95.7 Å². The standard InChI is InChI=1S/C13H18FNO/c1-10-8-12(16)6-7-15(10)9-11-4-2-3-5-13(11)14/h2-5,10,12,16H,6-9H2,1H3. The zero-order chi connectivity index (χ0) is 11.5. The molecule has 1 aliphatic rings. The topological polar surface area (TPSA) is 23.5 Å². The van der Waals surface area contributed by atoms with Gasteiger partial charge in [0.05, 0.1) is 6.10 Å². The van der Waals surface area contributed by atoms with Crippen LogP contribution in [0.2, 0.25) is 0 Å². The lowest BCUT2D eigenvalue weighted by molar-refractivity contribution is 0.0437. The molecule has 1 aromatic rings. The summed E-state index contributed by atoms with van der Waals surface area (Å²) in [7, 11) is 0. The third-order valence-corrected chi connectivity index (χ3v) is 3.32. The van der Waals surface area contributed by atoms with Crippen molar-refractivity contribution < 1.29 is 9.50 Å². The summed E-state index contributed by atoms with van der Waals surface area (Å²) in [6.07, 6.45) is 1.39. The maximum Gasteiger partial charge on any atom is 0.127 e. The van der Waals surface area contributed by atoms with Gasteiger partial charge in [-0.25, -0.2) is 4.39 Å². The number of likely N-dealkylation sites (tertiary alicyclic amines) is 1. The highest BCUT2D eigenvalue weighted by Crippen LogP contribution is 2.20. The molecular weight excluding hydrogens is 205 g/mol. The molecule has 2 nitrogen and oxygen atoms in total. The Morgan fingerprint density at radius 1 is 1.44 bits per heavy atom. The van der Waals surface area contributed by atoms with Crippen molar-refractivity contribution in [2.24, 2.45) is 0 Å². The summed E-state index contributed by atoms with van der Waals surface area (Å²) in [5.41, 5.74) is 0.741. The van der Waals surface area contributed by atoms with E-state index in [1.807, 2.05) is 12.1 Å². The monoisotopic (exact) mass is 223 g/mol. The molecule has 0 amide bonds. The van der Waals surface area contributed by atoms with Gasteiger partial charge in [0.1, 0.15) is 5.82 Å². The van der Waals surface area contributed by atoms with Crippen LogP contribution in [0.5, 0.6) is 0 Å². The van der Waals surface area contributed by atoms with Crippen LogP contribution in [0.1, 0.15) is 25.3 Å². The van der Waals surface area contributed by atoms with Crippen molar-refractivity contribution in [3.8, 4) is 0 Å². The number of rotatable bonds is 2. The van der Waals surface area contributed by atoms with E-state index in [0.29, 0.717) is 12.6 Å². The molecule has 2 rings (SSSR count). The highest BCUT2D eigenvalue weighted by Gasteiger charge is 2.24. The summed E-state index contributed by atoms with van der Waals surface area (Å²) >= 11 is 0. The van der Waals surface area contributed by atoms with Crippen LogP contribution >= 0.6 is 0 Å². The highest BCUT2D eigenvalue weighted by molar-refractivity contribution is 5.17. The summed E-state index contributed by atoms with van der Waals surface area (Å²) in [5, 5.41) is 9.52. The molecule has 1 fully saturated rings. The van der Waals surface area contributed by atoms with Gasteiger partial charge in [0, 0.05) is 24.7 Å². The number of benzene rings is 1. The molecule has 2 unspecified atom stereocenters. The van der Waals surface area contributed by atoms with Gasteiger partial charge in [0.15, 0.2) is 0 Å². The lowest BCUT2D eigenvalue weighted by atomic mass is 10.00. The Kier molecular flexibility index (Phi) is 3.56. The zero-order valence-electron chi connectivity index (χ0n) is 9.56. The Balaban J connectivity index is 2.02. The van der Waals surface area contributed by atoms with Gasteiger partial charge >= 0.3 is 0 Å². The predicted octanol–water partition coefficient (Wildman–Crippen LogP) is 2.17. The first-order chi connectivity index (χ1) is 7.66. The van der Waals surface area contributed by atoms with E-state index >= 15 is 0 Å². The van der Waals surface area contributed by atoms with Crippen LogP contribution < -0.4 is 0 Å². The van der Waals surface area contributed by atoms with Crippen molar-refractivity contribution in [3.05, 3.63) is 35.6 Å². The lowest BCUT2D eigenvalue weighted by Crippen LogP contribution is -2.42. The summed E-state index contributed by atoms with van der Waals surface area (Å²) in [6.45, 7) is 3.57. The van der Waals surface area contributed by atoms with Crippen LogP contribution in [0, 0.1) is 5.82 Å². The molecule has 0 aromatic heterocycles. The molecular formula is C13H18FNO. The number of halogens is 1. The highest BCUT2D eigenvalue weighted by atomic mass is 19.1. The Hall–Kier alpha value is -0.930. The fourth-order valence-corrected chi connectivity index (χ4v) is 2.28. The quantitative estimate of drug-likeness (QED) is 0.830.